The van der Waals surface area contributed by atoms with E-state index in [9.17, 15) is 32.7 Å². The number of alkyl halides is 3. The van der Waals surface area contributed by atoms with Gasteiger partial charge in [0.05, 0.1) is 6.42 Å². The molecule has 0 radical (unpaired) electrons. The van der Waals surface area contributed by atoms with Gasteiger partial charge in [-0.3, -0.25) is 9.59 Å². The van der Waals surface area contributed by atoms with E-state index in [0.29, 0.717) is 12.8 Å². The van der Waals surface area contributed by atoms with E-state index in [1.54, 1.807) is 0 Å². The van der Waals surface area contributed by atoms with Crippen LogP contribution in [0.5, 0.6) is 0 Å². The lowest BCUT2D eigenvalue weighted by atomic mass is 9.97. The number of nitrogens with zero attached hydrogens (tertiary/aromatic N) is 1. The lowest BCUT2D eigenvalue weighted by molar-refractivity contribution is -0.150. The van der Waals surface area contributed by atoms with Crippen LogP contribution in [-0.4, -0.2) is 52.1 Å². The van der Waals surface area contributed by atoms with Crippen molar-refractivity contribution in [1.82, 2.24) is 10.2 Å². The third-order valence-corrected chi connectivity index (χ3v) is 4.50. The number of rotatable bonds is 5. The Balaban J connectivity index is 2.05. The molecule has 0 bridgehead atoms. The average Bonchev–Trinajstić information content (AvgIpc) is 3.03. The summed E-state index contributed by atoms with van der Waals surface area (Å²) in [5.41, 5.74) is -1.36. The molecule has 2 aliphatic rings. The summed E-state index contributed by atoms with van der Waals surface area (Å²) in [6, 6.07) is -1.03. The number of likely N-dealkylation sites (tertiary alicyclic amines) is 1. The van der Waals surface area contributed by atoms with Crippen molar-refractivity contribution in [2.45, 2.75) is 62.7 Å². The highest BCUT2D eigenvalue weighted by molar-refractivity contribution is 5.94. The summed E-state index contributed by atoms with van der Waals surface area (Å²) in [6.07, 6.45) is -3.60. The second-order valence-electron chi connectivity index (χ2n) is 6.09. The Bertz CT molecular complexity index is 501. The fourth-order valence-corrected chi connectivity index (χ4v) is 3.22. The maximum absolute atomic E-state index is 12.3. The minimum absolute atomic E-state index is 0.00395. The van der Waals surface area contributed by atoms with Crippen LogP contribution in [0.15, 0.2) is 0 Å². The van der Waals surface area contributed by atoms with Gasteiger partial charge in [-0.05, 0) is 19.3 Å². The van der Waals surface area contributed by atoms with E-state index in [1.165, 1.54) is 0 Å². The number of hydrogen-bond acceptors (Lipinski definition) is 3. The summed E-state index contributed by atoms with van der Waals surface area (Å²) in [5.74, 6) is -2.33. The minimum Gasteiger partial charge on any atom is -0.480 e. The van der Waals surface area contributed by atoms with Gasteiger partial charge in [-0.2, -0.15) is 13.2 Å². The summed E-state index contributed by atoms with van der Waals surface area (Å²) in [6.45, 7) is -0.583. The zero-order valence-corrected chi connectivity index (χ0v) is 12.5. The summed E-state index contributed by atoms with van der Waals surface area (Å²) in [4.78, 5) is 36.4. The molecule has 0 aromatic carbocycles. The van der Waals surface area contributed by atoms with Crippen LogP contribution in [0.4, 0.5) is 13.2 Å². The fraction of sp³-hybridized carbons (Fsp3) is 0.786. The number of carboxylic acids is 1. The van der Waals surface area contributed by atoms with Crippen molar-refractivity contribution in [3.05, 3.63) is 0 Å². The van der Waals surface area contributed by atoms with E-state index in [2.05, 4.69) is 5.32 Å². The Kier molecular flexibility index (Phi) is 4.86. The molecule has 1 aliphatic heterocycles. The number of nitrogens with one attached hydrogen (secondary N) is 1. The van der Waals surface area contributed by atoms with Crippen molar-refractivity contribution in [3.8, 4) is 0 Å². The van der Waals surface area contributed by atoms with Gasteiger partial charge in [-0.1, -0.05) is 12.8 Å². The topological polar surface area (TPSA) is 86.7 Å². The van der Waals surface area contributed by atoms with Gasteiger partial charge >= 0.3 is 12.1 Å². The normalized spacial score (nSPS) is 24.0. The van der Waals surface area contributed by atoms with Gasteiger partial charge in [0.15, 0.2) is 0 Å². The molecule has 6 nitrogen and oxygen atoms in total. The lowest BCUT2D eigenvalue weighted by Crippen LogP contribution is -2.57. The van der Waals surface area contributed by atoms with Gasteiger partial charge in [0, 0.05) is 13.0 Å². The molecule has 2 rings (SSSR count). The second-order valence-corrected chi connectivity index (χ2v) is 6.09. The molecule has 0 spiro atoms. The van der Waals surface area contributed by atoms with Crippen LogP contribution in [0.1, 0.15) is 44.9 Å². The Morgan fingerprint density at radius 3 is 2.43 bits per heavy atom. The van der Waals surface area contributed by atoms with Gasteiger partial charge < -0.3 is 15.3 Å². The summed E-state index contributed by atoms with van der Waals surface area (Å²) >= 11 is 0. The maximum Gasteiger partial charge on any atom is 0.390 e. The van der Waals surface area contributed by atoms with Crippen LogP contribution in [0.25, 0.3) is 0 Å². The van der Waals surface area contributed by atoms with Crippen molar-refractivity contribution in [2.24, 2.45) is 0 Å². The highest BCUT2D eigenvalue weighted by atomic mass is 19.4. The van der Waals surface area contributed by atoms with Gasteiger partial charge in [0.2, 0.25) is 11.8 Å². The fourth-order valence-electron chi connectivity index (χ4n) is 3.22. The molecule has 0 aromatic heterocycles. The highest BCUT2D eigenvalue weighted by Crippen LogP contribution is 2.31. The van der Waals surface area contributed by atoms with Gasteiger partial charge in [0.25, 0.3) is 0 Å². The molecule has 1 unspecified atom stereocenters. The first-order chi connectivity index (χ1) is 10.6. The van der Waals surface area contributed by atoms with Crippen molar-refractivity contribution >= 4 is 17.8 Å². The molecule has 1 aliphatic carbocycles. The van der Waals surface area contributed by atoms with E-state index in [-0.39, 0.29) is 25.7 Å². The van der Waals surface area contributed by atoms with Crippen molar-refractivity contribution < 1.29 is 32.7 Å². The molecule has 9 heteroatoms. The predicted molar refractivity (Wildman–Crippen MR) is 72.4 cm³/mol. The minimum atomic E-state index is -4.42. The van der Waals surface area contributed by atoms with Crippen LogP contribution >= 0.6 is 0 Å². The van der Waals surface area contributed by atoms with E-state index in [4.69, 9.17) is 0 Å². The molecule has 1 atom stereocenters. The summed E-state index contributed by atoms with van der Waals surface area (Å²) < 4.78 is 37.0. The zero-order valence-electron chi connectivity index (χ0n) is 12.5. The molecule has 23 heavy (non-hydrogen) atoms. The number of aliphatic carboxylic acids is 1. The first kappa shape index (κ1) is 17.6. The van der Waals surface area contributed by atoms with Crippen LogP contribution in [0, 0.1) is 0 Å². The molecule has 1 heterocycles. The number of amides is 2. The van der Waals surface area contributed by atoms with E-state index in [1.807, 2.05) is 0 Å². The van der Waals surface area contributed by atoms with Crippen molar-refractivity contribution in [1.29, 1.82) is 0 Å². The van der Waals surface area contributed by atoms with Crippen molar-refractivity contribution in [2.75, 3.05) is 6.54 Å². The Morgan fingerprint density at radius 1 is 1.30 bits per heavy atom. The standard InChI is InChI=1S/C14H19F3N2O4/c15-14(16,17)7-8-19-9(3-4-10(19)20)11(21)18-13(12(22)23)5-1-2-6-13/h9H,1-8H2,(H,18,21)(H,22,23). The molecule has 0 aromatic rings. The number of carboxylic acid groups (broad SMARTS) is 1. The lowest BCUT2D eigenvalue weighted by Gasteiger charge is -2.30. The molecular formula is C14H19F3N2O4. The van der Waals surface area contributed by atoms with Crippen LogP contribution in [0.2, 0.25) is 0 Å². The largest absolute Gasteiger partial charge is 0.480 e. The van der Waals surface area contributed by atoms with Gasteiger partial charge in [0.1, 0.15) is 11.6 Å². The van der Waals surface area contributed by atoms with Gasteiger partial charge in [-0.25, -0.2) is 4.79 Å². The molecule has 2 N–H and O–H groups in total. The smallest absolute Gasteiger partial charge is 0.390 e. The van der Waals surface area contributed by atoms with E-state index >= 15 is 0 Å². The third kappa shape index (κ3) is 3.94. The zero-order chi connectivity index (χ0) is 17.3. The molecule has 130 valence electrons. The maximum atomic E-state index is 12.3. The Hall–Kier alpha value is -1.80. The first-order valence-corrected chi connectivity index (χ1v) is 7.56. The van der Waals surface area contributed by atoms with Crippen LogP contribution in [-0.2, 0) is 14.4 Å². The summed E-state index contributed by atoms with van der Waals surface area (Å²) in [7, 11) is 0. The third-order valence-electron chi connectivity index (χ3n) is 4.50. The molecule has 2 amide bonds. The number of hydrogen-bond donors (Lipinski definition) is 2. The van der Waals surface area contributed by atoms with Crippen molar-refractivity contribution in [3.63, 3.8) is 0 Å². The molecule has 1 saturated heterocycles. The molecule has 2 fully saturated rings. The summed E-state index contributed by atoms with van der Waals surface area (Å²) in [5, 5.41) is 11.8. The average molecular weight is 336 g/mol. The molecule has 1 saturated carbocycles. The second kappa shape index (κ2) is 6.37. The predicted octanol–water partition coefficient (Wildman–Crippen LogP) is 1.44. The van der Waals surface area contributed by atoms with Crippen LogP contribution < -0.4 is 5.32 Å². The number of carbonyl (C=O) groups excluding carboxylic acids is 2. The quantitative estimate of drug-likeness (QED) is 0.795. The van der Waals surface area contributed by atoms with Crippen LogP contribution in [0.3, 0.4) is 0 Å². The van der Waals surface area contributed by atoms with E-state index in [0.717, 1.165) is 4.90 Å². The Labute approximate surface area is 131 Å². The first-order valence-electron chi connectivity index (χ1n) is 7.56. The highest BCUT2D eigenvalue weighted by Gasteiger charge is 2.46. The Morgan fingerprint density at radius 2 is 1.91 bits per heavy atom. The SMILES string of the molecule is O=C(NC1(C(=O)O)CCCC1)C1CCC(=O)N1CCC(F)(F)F. The monoisotopic (exact) mass is 336 g/mol. The van der Waals surface area contributed by atoms with Gasteiger partial charge in [-0.15, -0.1) is 0 Å². The number of carbonyl (C=O) groups is 3. The number of halogens is 3. The molecular weight excluding hydrogens is 317 g/mol. The van der Waals surface area contributed by atoms with E-state index < -0.39 is 48.5 Å².